The largest absolute Gasteiger partial charge is 0.466 e. The Morgan fingerprint density at radius 3 is 2.62 bits per heavy atom. The standard InChI is InChI=1S/C16H24N2O5S/c1-5-16(15(19)22-6-2)9-12-7-8-13(16)18(12)24(20,21)14-10(3)17-23-11(14)4/h12-13H,5-9H2,1-4H3/t12-,13+,16+/m1/s1. The van der Waals surface area contributed by atoms with Crippen LogP contribution >= 0.6 is 0 Å². The van der Waals surface area contributed by atoms with Gasteiger partial charge in [-0.3, -0.25) is 4.79 Å². The highest BCUT2D eigenvalue weighted by Gasteiger charge is 2.63. The quantitative estimate of drug-likeness (QED) is 0.751. The molecular weight excluding hydrogens is 332 g/mol. The van der Waals surface area contributed by atoms with Crippen LogP contribution in [0.15, 0.2) is 9.42 Å². The van der Waals surface area contributed by atoms with Crippen LogP contribution < -0.4 is 0 Å². The first kappa shape index (κ1) is 17.4. The lowest BCUT2D eigenvalue weighted by Gasteiger charge is -2.34. The average Bonchev–Trinajstić information content (AvgIpc) is 3.19. The van der Waals surface area contributed by atoms with Crippen molar-refractivity contribution in [1.29, 1.82) is 0 Å². The molecule has 0 aliphatic carbocycles. The Balaban J connectivity index is 2.04. The topological polar surface area (TPSA) is 89.7 Å². The third-order valence-corrected chi connectivity index (χ3v) is 7.70. The maximum Gasteiger partial charge on any atom is 0.313 e. The van der Waals surface area contributed by atoms with Crippen LogP contribution in [0.4, 0.5) is 0 Å². The molecule has 0 amide bonds. The molecule has 0 saturated carbocycles. The summed E-state index contributed by atoms with van der Waals surface area (Å²) in [5.74, 6) is 0.00990. The van der Waals surface area contributed by atoms with Crippen molar-refractivity contribution in [2.75, 3.05) is 6.61 Å². The molecule has 2 aliphatic rings. The minimum absolute atomic E-state index is 0.134. The van der Waals surface area contributed by atoms with Gasteiger partial charge in [0, 0.05) is 12.1 Å². The highest BCUT2D eigenvalue weighted by molar-refractivity contribution is 7.89. The van der Waals surface area contributed by atoms with Crippen molar-refractivity contribution >= 4 is 16.0 Å². The minimum atomic E-state index is -3.75. The van der Waals surface area contributed by atoms with E-state index in [9.17, 15) is 13.2 Å². The number of ether oxygens (including phenoxy) is 1. The lowest BCUT2D eigenvalue weighted by Crippen LogP contribution is -2.45. The highest BCUT2D eigenvalue weighted by Crippen LogP contribution is 2.54. The Morgan fingerprint density at radius 1 is 1.38 bits per heavy atom. The molecule has 8 heteroatoms. The second-order valence-electron chi connectivity index (χ2n) is 6.67. The summed E-state index contributed by atoms with van der Waals surface area (Å²) in [4.78, 5) is 12.7. The van der Waals surface area contributed by atoms with Crippen LogP contribution in [0.1, 0.15) is 51.0 Å². The number of fused-ring (bicyclic) bond motifs is 2. The molecule has 24 heavy (non-hydrogen) atoms. The van der Waals surface area contributed by atoms with Gasteiger partial charge in [-0.15, -0.1) is 0 Å². The Labute approximate surface area is 142 Å². The van der Waals surface area contributed by atoms with E-state index in [2.05, 4.69) is 5.16 Å². The van der Waals surface area contributed by atoms with E-state index in [1.807, 2.05) is 6.92 Å². The third kappa shape index (κ3) is 2.23. The van der Waals surface area contributed by atoms with Crippen LogP contribution in [0.3, 0.4) is 0 Å². The zero-order valence-electron chi connectivity index (χ0n) is 14.5. The second kappa shape index (κ2) is 5.84. The number of nitrogens with zero attached hydrogens (tertiary/aromatic N) is 2. The number of hydrogen-bond donors (Lipinski definition) is 0. The lowest BCUT2D eigenvalue weighted by atomic mass is 9.72. The summed E-state index contributed by atoms with van der Waals surface area (Å²) in [5.41, 5.74) is -0.387. The van der Waals surface area contributed by atoms with Crippen LogP contribution in [-0.4, -0.2) is 42.5 Å². The molecule has 0 aromatic carbocycles. The zero-order chi connectivity index (χ0) is 17.7. The normalized spacial score (nSPS) is 30.0. The summed E-state index contributed by atoms with van der Waals surface area (Å²) < 4.78 is 38.4. The Morgan fingerprint density at radius 2 is 2.08 bits per heavy atom. The first-order valence-corrected chi connectivity index (χ1v) is 9.87. The molecule has 2 bridgehead atoms. The van der Waals surface area contributed by atoms with E-state index in [0.29, 0.717) is 31.6 Å². The second-order valence-corrected chi connectivity index (χ2v) is 8.45. The fourth-order valence-corrected chi connectivity index (χ4v) is 6.69. The van der Waals surface area contributed by atoms with Crippen LogP contribution in [-0.2, 0) is 19.6 Å². The monoisotopic (exact) mass is 356 g/mol. The fourth-order valence-electron chi connectivity index (χ4n) is 4.46. The number of carbonyl (C=O) groups excluding carboxylic acids is 1. The molecule has 7 nitrogen and oxygen atoms in total. The fraction of sp³-hybridized carbons (Fsp3) is 0.750. The van der Waals surface area contributed by atoms with Gasteiger partial charge in [-0.2, -0.15) is 4.31 Å². The molecule has 3 atom stereocenters. The van der Waals surface area contributed by atoms with Crippen molar-refractivity contribution < 1.29 is 22.5 Å². The van der Waals surface area contributed by atoms with Gasteiger partial charge in [-0.25, -0.2) is 8.42 Å². The first-order chi connectivity index (χ1) is 11.3. The summed E-state index contributed by atoms with van der Waals surface area (Å²) in [6.45, 7) is 7.23. The van der Waals surface area contributed by atoms with Crippen molar-refractivity contribution in [3.8, 4) is 0 Å². The molecule has 134 valence electrons. The number of esters is 1. The molecule has 0 spiro atoms. The predicted molar refractivity (Wildman–Crippen MR) is 85.8 cm³/mol. The first-order valence-electron chi connectivity index (χ1n) is 8.43. The molecule has 0 unspecified atom stereocenters. The molecule has 0 radical (unpaired) electrons. The predicted octanol–water partition coefficient (Wildman–Crippen LogP) is 2.18. The maximum absolute atomic E-state index is 13.3. The van der Waals surface area contributed by atoms with E-state index in [1.165, 1.54) is 4.31 Å². The molecule has 3 heterocycles. The van der Waals surface area contributed by atoms with Crippen molar-refractivity contribution in [1.82, 2.24) is 9.46 Å². The van der Waals surface area contributed by atoms with Crippen LogP contribution in [0.25, 0.3) is 0 Å². The van der Waals surface area contributed by atoms with Crippen LogP contribution in [0.5, 0.6) is 0 Å². The van der Waals surface area contributed by atoms with E-state index < -0.39 is 15.4 Å². The molecule has 0 N–H and O–H groups in total. The van der Waals surface area contributed by atoms with Gasteiger partial charge >= 0.3 is 5.97 Å². The van der Waals surface area contributed by atoms with Crippen LogP contribution in [0, 0.1) is 19.3 Å². The minimum Gasteiger partial charge on any atom is -0.466 e. The molecule has 2 aliphatic heterocycles. The molecule has 3 rings (SSSR count). The average molecular weight is 356 g/mol. The van der Waals surface area contributed by atoms with Gasteiger partial charge in [0.15, 0.2) is 5.76 Å². The van der Waals surface area contributed by atoms with E-state index in [4.69, 9.17) is 9.26 Å². The smallest absolute Gasteiger partial charge is 0.313 e. The number of carbonyl (C=O) groups is 1. The molecule has 1 aromatic rings. The van der Waals surface area contributed by atoms with Crippen molar-refractivity contribution in [3.05, 3.63) is 11.5 Å². The Bertz CT molecular complexity index is 737. The molecular formula is C16H24N2O5S. The van der Waals surface area contributed by atoms with Crippen molar-refractivity contribution in [2.45, 2.75) is 70.4 Å². The number of aromatic nitrogens is 1. The summed E-state index contributed by atoms with van der Waals surface area (Å²) in [7, 11) is -3.75. The van der Waals surface area contributed by atoms with Gasteiger partial charge in [-0.1, -0.05) is 12.1 Å². The van der Waals surface area contributed by atoms with Gasteiger partial charge in [-0.05, 0) is 46.5 Å². The summed E-state index contributed by atoms with van der Waals surface area (Å²) >= 11 is 0. The maximum atomic E-state index is 13.3. The van der Waals surface area contributed by atoms with E-state index in [0.717, 1.165) is 6.42 Å². The summed E-state index contributed by atoms with van der Waals surface area (Å²) in [6, 6.07) is -0.525. The zero-order valence-corrected chi connectivity index (χ0v) is 15.4. The van der Waals surface area contributed by atoms with Gasteiger partial charge < -0.3 is 9.26 Å². The lowest BCUT2D eigenvalue weighted by molar-refractivity contribution is -0.157. The number of aryl methyl sites for hydroxylation is 2. The number of rotatable bonds is 5. The highest BCUT2D eigenvalue weighted by atomic mass is 32.2. The number of hydrogen-bond acceptors (Lipinski definition) is 6. The van der Waals surface area contributed by atoms with Gasteiger partial charge in [0.1, 0.15) is 10.6 Å². The molecule has 1 aromatic heterocycles. The Kier molecular flexibility index (Phi) is 4.24. The van der Waals surface area contributed by atoms with E-state index in [-0.39, 0.29) is 28.7 Å². The molecule has 2 saturated heterocycles. The summed E-state index contributed by atoms with van der Waals surface area (Å²) in [5, 5.41) is 3.77. The SMILES string of the molecule is CCOC(=O)[C@@]1(CC)C[C@H]2CC[C@@H]1N2S(=O)(=O)c1c(C)noc1C. The van der Waals surface area contributed by atoms with Gasteiger partial charge in [0.2, 0.25) is 10.0 Å². The van der Waals surface area contributed by atoms with Crippen molar-refractivity contribution in [2.24, 2.45) is 5.41 Å². The van der Waals surface area contributed by atoms with Gasteiger partial charge in [0.25, 0.3) is 0 Å². The van der Waals surface area contributed by atoms with E-state index in [1.54, 1.807) is 20.8 Å². The third-order valence-electron chi connectivity index (χ3n) is 5.49. The van der Waals surface area contributed by atoms with Gasteiger partial charge in [0.05, 0.1) is 12.0 Å². The van der Waals surface area contributed by atoms with Crippen LogP contribution in [0.2, 0.25) is 0 Å². The van der Waals surface area contributed by atoms with Crippen molar-refractivity contribution in [3.63, 3.8) is 0 Å². The van der Waals surface area contributed by atoms with E-state index >= 15 is 0 Å². The summed E-state index contributed by atoms with van der Waals surface area (Å²) in [6.07, 6.45) is 2.55. The molecule has 2 fully saturated rings. The Hall–Kier alpha value is -1.41. The number of sulfonamides is 1.